The van der Waals surface area contributed by atoms with E-state index in [-0.39, 0.29) is 10.5 Å². The third-order valence-electron chi connectivity index (χ3n) is 4.29. The molecule has 1 aromatic carbocycles. The number of rotatable bonds is 5. The lowest BCUT2D eigenvalue weighted by Gasteiger charge is -2.39. The van der Waals surface area contributed by atoms with Gasteiger partial charge in [-0.05, 0) is 41.6 Å². The third kappa shape index (κ3) is 4.64. The second-order valence-corrected chi connectivity index (χ2v) is 12.8. The van der Waals surface area contributed by atoms with Crippen LogP contribution in [0.5, 0.6) is 5.75 Å². The topological polar surface area (TPSA) is 29.5 Å². The summed E-state index contributed by atoms with van der Waals surface area (Å²) in [5.41, 5.74) is 1.02. The van der Waals surface area contributed by atoms with Crippen LogP contribution in [0.3, 0.4) is 0 Å². The maximum absolute atomic E-state index is 9.90. The number of para-hydroxylation sites is 1. The lowest BCUT2D eigenvalue weighted by molar-refractivity contribution is 0.164. The van der Waals surface area contributed by atoms with Crippen molar-refractivity contribution in [1.82, 2.24) is 0 Å². The molecule has 2 nitrogen and oxygen atoms in total. The maximum atomic E-state index is 9.90. The van der Waals surface area contributed by atoms with Gasteiger partial charge in [0, 0.05) is 6.61 Å². The molecule has 0 unspecified atom stereocenters. The van der Waals surface area contributed by atoms with Crippen molar-refractivity contribution in [3.8, 4) is 5.75 Å². The van der Waals surface area contributed by atoms with E-state index in [0.29, 0.717) is 5.75 Å². The van der Waals surface area contributed by atoms with Gasteiger partial charge in [-0.15, -0.1) is 0 Å². The average Bonchev–Trinajstić information content (AvgIpc) is 2.28. The molecule has 0 bridgehead atoms. The van der Waals surface area contributed by atoms with E-state index in [4.69, 9.17) is 4.43 Å². The van der Waals surface area contributed by atoms with Crippen molar-refractivity contribution in [2.24, 2.45) is 5.41 Å². The van der Waals surface area contributed by atoms with Crippen molar-refractivity contribution in [2.75, 3.05) is 6.61 Å². The van der Waals surface area contributed by atoms with Crippen molar-refractivity contribution < 1.29 is 9.53 Å². The van der Waals surface area contributed by atoms with E-state index in [2.05, 4.69) is 47.7 Å². The maximum Gasteiger partial charge on any atom is 0.192 e. The lowest BCUT2D eigenvalue weighted by Crippen LogP contribution is -2.43. The van der Waals surface area contributed by atoms with Crippen LogP contribution in [0.1, 0.15) is 40.2 Å². The normalized spacial score (nSPS) is 13.6. The molecular weight excluding hydrogens is 264 g/mol. The Morgan fingerprint density at radius 3 is 2.10 bits per heavy atom. The number of hydrogen-bond donors (Lipinski definition) is 1. The summed E-state index contributed by atoms with van der Waals surface area (Å²) in [6.07, 6.45) is 0.828. The van der Waals surface area contributed by atoms with Crippen LogP contribution in [0.4, 0.5) is 0 Å². The summed E-state index contributed by atoms with van der Waals surface area (Å²) in [5.74, 6) is 0.382. The molecule has 0 aliphatic carbocycles. The van der Waals surface area contributed by atoms with E-state index < -0.39 is 8.32 Å². The van der Waals surface area contributed by atoms with E-state index in [9.17, 15) is 5.11 Å². The highest BCUT2D eigenvalue weighted by molar-refractivity contribution is 6.74. The van der Waals surface area contributed by atoms with Crippen LogP contribution in [0.25, 0.3) is 0 Å². The Kier molecular flexibility index (Phi) is 5.09. The molecule has 0 heterocycles. The van der Waals surface area contributed by atoms with E-state index in [1.807, 2.05) is 18.2 Å². The SMILES string of the molecule is CC(C)(CO[Si](C)(C)C(C)(C)C)Cc1ccccc1O. The molecule has 0 radical (unpaired) electrons. The Morgan fingerprint density at radius 1 is 1.05 bits per heavy atom. The average molecular weight is 295 g/mol. The van der Waals surface area contributed by atoms with Crippen molar-refractivity contribution >= 4 is 8.32 Å². The fourth-order valence-electron chi connectivity index (χ4n) is 1.82. The lowest BCUT2D eigenvalue weighted by atomic mass is 9.86. The van der Waals surface area contributed by atoms with Gasteiger partial charge in [-0.2, -0.15) is 0 Å². The first-order valence-corrected chi connectivity index (χ1v) is 10.3. The molecule has 0 aliphatic rings. The quantitative estimate of drug-likeness (QED) is 0.776. The molecule has 1 aromatic rings. The van der Waals surface area contributed by atoms with Crippen LogP contribution in [0.2, 0.25) is 18.1 Å². The van der Waals surface area contributed by atoms with Gasteiger partial charge in [0.25, 0.3) is 0 Å². The predicted octanol–water partition coefficient (Wildman–Crippen LogP) is 4.98. The zero-order valence-corrected chi connectivity index (χ0v) is 15.1. The van der Waals surface area contributed by atoms with Gasteiger partial charge in [-0.1, -0.05) is 52.8 Å². The number of phenolic OH excluding ortho intramolecular Hbond substituents is 1. The van der Waals surface area contributed by atoms with E-state index in [1.54, 1.807) is 6.07 Å². The summed E-state index contributed by atoms with van der Waals surface area (Å²) in [6, 6.07) is 7.57. The monoisotopic (exact) mass is 294 g/mol. The number of hydrogen-bond acceptors (Lipinski definition) is 2. The Bertz CT molecular complexity index is 445. The van der Waals surface area contributed by atoms with E-state index in [0.717, 1.165) is 18.6 Å². The third-order valence-corrected chi connectivity index (χ3v) is 8.77. The summed E-state index contributed by atoms with van der Waals surface area (Å²) in [6.45, 7) is 16.5. The van der Waals surface area contributed by atoms with Gasteiger partial charge < -0.3 is 9.53 Å². The molecule has 0 saturated heterocycles. The summed E-state index contributed by atoms with van der Waals surface area (Å²) >= 11 is 0. The van der Waals surface area contributed by atoms with Gasteiger partial charge in [0.05, 0.1) is 0 Å². The largest absolute Gasteiger partial charge is 0.508 e. The molecule has 114 valence electrons. The van der Waals surface area contributed by atoms with Gasteiger partial charge in [-0.3, -0.25) is 0 Å². The number of aromatic hydroxyl groups is 1. The molecule has 0 atom stereocenters. The van der Waals surface area contributed by atoms with Gasteiger partial charge in [-0.25, -0.2) is 0 Å². The van der Waals surface area contributed by atoms with Gasteiger partial charge in [0.1, 0.15) is 5.75 Å². The molecule has 0 saturated carbocycles. The summed E-state index contributed by atoms with van der Waals surface area (Å²) < 4.78 is 6.33. The number of phenols is 1. The molecule has 0 amide bonds. The minimum atomic E-state index is -1.71. The molecular formula is C17H30O2Si. The first-order chi connectivity index (χ1) is 8.95. The van der Waals surface area contributed by atoms with Crippen LogP contribution in [0.15, 0.2) is 24.3 Å². The van der Waals surface area contributed by atoms with Crippen LogP contribution in [-0.2, 0) is 10.8 Å². The van der Waals surface area contributed by atoms with Crippen LogP contribution in [-0.4, -0.2) is 20.0 Å². The Hall–Kier alpha value is -0.803. The molecule has 1 N–H and O–H groups in total. The standard InChI is InChI=1S/C17H30O2Si/c1-16(2,3)20(6,7)19-13-17(4,5)12-14-10-8-9-11-15(14)18/h8-11,18H,12-13H2,1-7H3. The molecule has 0 aliphatic heterocycles. The zero-order chi connectivity index (χ0) is 15.6. The van der Waals surface area contributed by atoms with Crippen molar-refractivity contribution in [2.45, 2.75) is 59.2 Å². The van der Waals surface area contributed by atoms with Crippen LogP contribution < -0.4 is 0 Å². The van der Waals surface area contributed by atoms with Gasteiger partial charge in [0.15, 0.2) is 8.32 Å². The zero-order valence-electron chi connectivity index (χ0n) is 14.1. The van der Waals surface area contributed by atoms with Crippen molar-refractivity contribution in [3.05, 3.63) is 29.8 Å². The highest BCUT2D eigenvalue weighted by Crippen LogP contribution is 2.38. The minimum absolute atomic E-state index is 0.0222. The highest BCUT2D eigenvalue weighted by atomic mass is 28.4. The van der Waals surface area contributed by atoms with Gasteiger partial charge in [0.2, 0.25) is 0 Å². The molecule has 1 rings (SSSR count). The smallest absolute Gasteiger partial charge is 0.192 e. The number of benzene rings is 1. The fraction of sp³-hybridized carbons (Fsp3) is 0.647. The first kappa shape index (κ1) is 17.2. The molecule has 20 heavy (non-hydrogen) atoms. The molecule has 0 aromatic heterocycles. The van der Waals surface area contributed by atoms with Gasteiger partial charge >= 0.3 is 0 Å². The molecule has 0 fully saturated rings. The first-order valence-electron chi connectivity index (χ1n) is 7.35. The van der Waals surface area contributed by atoms with Crippen LogP contribution >= 0.6 is 0 Å². The predicted molar refractivity (Wildman–Crippen MR) is 88.7 cm³/mol. The highest BCUT2D eigenvalue weighted by Gasteiger charge is 2.38. The van der Waals surface area contributed by atoms with E-state index in [1.165, 1.54) is 0 Å². The fourth-order valence-corrected chi connectivity index (χ4v) is 3.00. The Balaban J connectivity index is 2.70. The molecule has 0 spiro atoms. The van der Waals surface area contributed by atoms with E-state index >= 15 is 0 Å². The molecule has 3 heteroatoms. The second kappa shape index (κ2) is 5.90. The Labute approximate surface area is 125 Å². The van der Waals surface area contributed by atoms with Crippen molar-refractivity contribution in [1.29, 1.82) is 0 Å². The minimum Gasteiger partial charge on any atom is -0.508 e. The summed E-state index contributed by atoms with van der Waals surface area (Å²) in [4.78, 5) is 0. The van der Waals surface area contributed by atoms with Crippen molar-refractivity contribution in [3.63, 3.8) is 0 Å². The summed E-state index contributed by atoms with van der Waals surface area (Å²) in [7, 11) is -1.71. The van der Waals surface area contributed by atoms with Crippen LogP contribution in [0, 0.1) is 5.41 Å². The Morgan fingerprint density at radius 2 is 1.60 bits per heavy atom. The second-order valence-electron chi connectivity index (χ2n) is 8.02. The summed E-state index contributed by atoms with van der Waals surface area (Å²) in [5, 5.41) is 10.1.